The summed E-state index contributed by atoms with van der Waals surface area (Å²) in [6, 6.07) is 0.412. The van der Waals surface area contributed by atoms with Crippen LogP contribution in [0.5, 0.6) is 0 Å². The molecule has 0 aromatic heterocycles. The van der Waals surface area contributed by atoms with Crippen molar-refractivity contribution in [2.45, 2.75) is 33.2 Å². The van der Waals surface area contributed by atoms with Gasteiger partial charge in [-0.3, -0.25) is 9.69 Å². The van der Waals surface area contributed by atoms with Gasteiger partial charge in [-0.05, 0) is 24.8 Å². The van der Waals surface area contributed by atoms with Crippen molar-refractivity contribution in [1.82, 2.24) is 15.5 Å². The van der Waals surface area contributed by atoms with E-state index in [2.05, 4.69) is 29.4 Å². The fourth-order valence-electron chi connectivity index (χ4n) is 2.87. The van der Waals surface area contributed by atoms with Crippen molar-refractivity contribution in [1.29, 1.82) is 0 Å². The molecule has 0 bridgehead atoms. The number of hydrogen-bond donors (Lipinski definition) is 2. The van der Waals surface area contributed by atoms with Crippen LogP contribution < -0.4 is 10.6 Å². The van der Waals surface area contributed by atoms with Crippen LogP contribution in [0.2, 0.25) is 0 Å². The summed E-state index contributed by atoms with van der Waals surface area (Å²) >= 11 is 0. The van der Waals surface area contributed by atoms with Crippen LogP contribution in [0.3, 0.4) is 0 Å². The van der Waals surface area contributed by atoms with Crippen molar-refractivity contribution in [3.8, 4) is 0 Å². The van der Waals surface area contributed by atoms with E-state index in [0.717, 1.165) is 57.9 Å². The van der Waals surface area contributed by atoms with Gasteiger partial charge in [-0.1, -0.05) is 13.8 Å². The third-order valence-electron chi connectivity index (χ3n) is 4.35. The highest BCUT2D eigenvalue weighted by Crippen LogP contribution is 2.14. The maximum Gasteiger partial charge on any atom is 0.247 e. The van der Waals surface area contributed by atoms with E-state index in [1.54, 1.807) is 0 Å². The summed E-state index contributed by atoms with van der Waals surface area (Å²) in [4.78, 5) is 14.7. The predicted molar refractivity (Wildman–Crippen MR) is 84.2 cm³/mol. The Labute approximate surface area is 128 Å². The van der Waals surface area contributed by atoms with Crippen LogP contribution in [-0.2, 0) is 9.53 Å². The molecular formula is C16H29N3O2. The van der Waals surface area contributed by atoms with E-state index in [4.69, 9.17) is 4.74 Å². The van der Waals surface area contributed by atoms with E-state index >= 15 is 0 Å². The third kappa shape index (κ3) is 4.80. The fourth-order valence-corrected chi connectivity index (χ4v) is 2.87. The minimum absolute atomic E-state index is 0.0912. The molecule has 5 nitrogen and oxygen atoms in total. The van der Waals surface area contributed by atoms with Gasteiger partial charge in [0.15, 0.2) is 0 Å². The van der Waals surface area contributed by atoms with Crippen molar-refractivity contribution in [3.05, 3.63) is 11.1 Å². The van der Waals surface area contributed by atoms with E-state index in [1.165, 1.54) is 5.57 Å². The fraction of sp³-hybridized carbons (Fsp3) is 0.812. The van der Waals surface area contributed by atoms with Crippen molar-refractivity contribution in [2.75, 3.05) is 45.9 Å². The van der Waals surface area contributed by atoms with Crippen LogP contribution in [0.25, 0.3) is 0 Å². The first-order valence-electron chi connectivity index (χ1n) is 8.07. The molecule has 1 atom stereocenters. The second kappa shape index (κ2) is 7.92. The molecule has 1 amide bonds. The highest BCUT2D eigenvalue weighted by molar-refractivity contribution is 5.93. The first-order valence-corrected chi connectivity index (χ1v) is 8.07. The van der Waals surface area contributed by atoms with Crippen molar-refractivity contribution in [3.63, 3.8) is 0 Å². The summed E-state index contributed by atoms with van der Waals surface area (Å²) in [5.41, 5.74) is 2.12. The van der Waals surface area contributed by atoms with E-state index in [1.807, 2.05) is 6.92 Å². The number of hydrogen-bond acceptors (Lipinski definition) is 4. The minimum Gasteiger partial charge on any atom is -0.379 e. The maximum atomic E-state index is 12.2. The largest absolute Gasteiger partial charge is 0.379 e. The molecule has 0 spiro atoms. The van der Waals surface area contributed by atoms with Gasteiger partial charge in [-0.25, -0.2) is 0 Å². The molecular weight excluding hydrogens is 266 g/mol. The van der Waals surface area contributed by atoms with Crippen LogP contribution in [0.15, 0.2) is 11.1 Å². The highest BCUT2D eigenvalue weighted by Gasteiger charge is 2.23. The minimum atomic E-state index is 0.0912. The summed E-state index contributed by atoms with van der Waals surface area (Å²) in [6.07, 6.45) is 1.11. The van der Waals surface area contributed by atoms with Gasteiger partial charge in [0, 0.05) is 44.3 Å². The number of nitrogens with zero attached hydrogens (tertiary/aromatic N) is 1. The lowest BCUT2D eigenvalue weighted by Gasteiger charge is -2.35. The lowest BCUT2D eigenvalue weighted by Crippen LogP contribution is -2.49. The molecule has 2 saturated heterocycles. The molecule has 21 heavy (non-hydrogen) atoms. The summed E-state index contributed by atoms with van der Waals surface area (Å²) < 4.78 is 5.43. The Hall–Kier alpha value is -0.910. The van der Waals surface area contributed by atoms with Gasteiger partial charge >= 0.3 is 0 Å². The van der Waals surface area contributed by atoms with Gasteiger partial charge in [0.1, 0.15) is 0 Å². The van der Waals surface area contributed by atoms with Gasteiger partial charge in [-0.2, -0.15) is 0 Å². The Balaban J connectivity index is 1.87. The summed E-state index contributed by atoms with van der Waals surface area (Å²) in [5, 5.41) is 6.31. The zero-order valence-electron chi connectivity index (χ0n) is 13.6. The average molecular weight is 295 g/mol. The van der Waals surface area contributed by atoms with Crippen molar-refractivity contribution >= 4 is 5.91 Å². The molecule has 5 heteroatoms. The van der Waals surface area contributed by atoms with Gasteiger partial charge in [-0.15, -0.1) is 0 Å². The second-order valence-electron chi connectivity index (χ2n) is 6.47. The Kier molecular flexibility index (Phi) is 6.21. The number of nitrogens with one attached hydrogen (secondary N) is 2. The molecule has 2 aliphatic heterocycles. The molecule has 2 rings (SSSR count). The molecule has 2 aliphatic rings. The number of rotatable bonds is 6. The molecule has 2 fully saturated rings. The molecule has 1 unspecified atom stereocenters. The third-order valence-corrected chi connectivity index (χ3v) is 4.35. The van der Waals surface area contributed by atoms with Crippen LogP contribution in [0, 0.1) is 5.92 Å². The summed E-state index contributed by atoms with van der Waals surface area (Å²) in [6.45, 7) is 12.4. The molecule has 0 aromatic carbocycles. The number of ether oxygens (including phenoxy) is 1. The van der Waals surface area contributed by atoms with Crippen LogP contribution >= 0.6 is 0 Å². The van der Waals surface area contributed by atoms with Crippen molar-refractivity contribution in [2.24, 2.45) is 5.92 Å². The Morgan fingerprint density at radius 1 is 1.33 bits per heavy atom. The van der Waals surface area contributed by atoms with E-state index in [0.29, 0.717) is 12.0 Å². The topological polar surface area (TPSA) is 53.6 Å². The number of morpholine rings is 1. The normalized spacial score (nSPS) is 21.0. The zero-order chi connectivity index (χ0) is 15.2. The average Bonchev–Trinajstić information content (AvgIpc) is 2.41. The molecule has 0 aliphatic carbocycles. The van der Waals surface area contributed by atoms with Gasteiger partial charge < -0.3 is 15.4 Å². The molecule has 0 aromatic rings. The van der Waals surface area contributed by atoms with E-state index in [9.17, 15) is 4.79 Å². The van der Waals surface area contributed by atoms with Crippen LogP contribution in [0.4, 0.5) is 0 Å². The van der Waals surface area contributed by atoms with Crippen LogP contribution in [-0.4, -0.2) is 62.8 Å². The highest BCUT2D eigenvalue weighted by atomic mass is 16.5. The summed E-state index contributed by atoms with van der Waals surface area (Å²) in [7, 11) is 0. The van der Waals surface area contributed by atoms with E-state index in [-0.39, 0.29) is 5.91 Å². The second-order valence-corrected chi connectivity index (χ2v) is 6.47. The first-order chi connectivity index (χ1) is 10.1. The number of amides is 1. The Morgan fingerprint density at radius 3 is 2.52 bits per heavy atom. The quantitative estimate of drug-likeness (QED) is 0.711. The SMILES string of the molecule is CC(C(=O)NCC(CC(C)C)N1CCOCC1)=C1CNC1. The molecule has 2 heterocycles. The Bertz CT molecular complexity index is 381. The lowest BCUT2D eigenvalue weighted by molar-refractivity contribution is -0.117. The predicted octanol–water partition coefficient (Wildman–Crippen LogP) is 0.769. The zero-order valence-corrected chi connectivity index (χ0v) is 13.6. The van der Waals surface area contributed by atoms with Gasteiger partial charge in [0.05, 0.1) is 13.2 Å². The molecule has 2 N–H and O–H groups in total. The molecule has 120 valence electrons. The summed E-state index contributed by atoms with van der Waals surface area (Å²) in [5.74, 6) is 0.721. The molecule has 0 saturated carbocycles. The molecule has 0 radical (unpaired) electrons. The number of carbonyl (C=O) groups is 1. The Morgan fingerprint density at radius 2 is 2.00 bits per heavy atom. The van der Waals surface area contributed by atoms with Gasteiger partial charge in [0.2, 0.25) is 5.91 Å². The van der Waals surface area contributed by atoms with Gasteiger partial charge in [0.25, 0.3) is 0 Å². The number of carbonyl (C=O) groups excluding carboxylic acids is 1. The first kappa shape index (κ1) is 16.5. The maximum absolute atomic E-state index is 12.2. The van der Waals surface area contributed by atoms with Crippen LogP contribution in [0.1, 0.15) is 27.2 Å². The smallest absolute Gasteiger partial charge is 0.247 e. The monoisotopic (exact) mass is 295 g/mol. The van der Waals surface area contributed by atoms with E-state index < -0.39 is 0 Å². The lowest BCUT2D eigenvalue weighted by atomic mass is 10.0. The standard InChI is InChI=1S/C16H29N3O2/c1-12(2)8-15(19-4-6-21-7-5-19)11-18-16(20)13(3)14-9-17-10-14/h12,15,17H,4-11H2,1-3H3,(H,18,20). The van der Waals surface area contributed by atoms with Crippen molar-refractivity contribution < 1.29 is 9.53 Å².